The molecule has 2 fully saturated rings. The zero-order chi connectivity index (χ0) is 25.9. The Morgan fingerprint density at radius 2 is 1.78 bits per heavy atom. The van der Waals surface area contributed by atoms with E-state index in [0.717, 1.165) is 35.8 Å². The van der Waals surface area contributed by atoms with E-state index in [1.807, 2.05) is 12.1 Å². The second-order valence-electron chi connectivity index (χ2n) is 8.29. The Kier molecular flexibility index (Phi) is 7.06. The topological polar surface area (TPSA) is 92.1 Å². The Hall–Kier alpha value is -3.96. The molecule has 11 heteroatoms. The van der Waals surface area contributed by atoms with Crippen LogP contribution in [0.5, 0.6) is 0 Å². The molecule has 1 aromatic heterocycles. The minimum atomic E-state index is -0.789. The van der Waals surface area contributed by atoms with E-state index in [4.69, 9.17) is 9.15 Å². The van der Waals surface area contributed by atoms with Crippen molar-refractivity contribution >= 4 is 46.3 Å². The number of nitrogens with one attached hydrogen (secondary N) is 1. The number of thioether (sulfide) groups is 1. The number of nitrogens with zero attached hydrogens (tertiary/aromatic N) is 2. The van der Waals surface area contributed by atoms with Crippen LogP contribution in [-0.4, -0.2) is 54.8 Å². The second kappa shape index (κ2) is 10.6. The Morgan fingerprint density at radius 1 is 1.03 bits per heavy atom. The summed E-state index contributed by atoms with van der Waals surface area (Å²) in [6.07, 6.45) is 1.35. The molecule has 0 spiro atoms. The average Bonchev–Trinajstić information content (AvgIpc) is 3.45. The van der Waals surface area contributed by atoms with Crippen LogP contribution in [-0.2, 0) is 14.3 Å². The van der Waals surface area contributed by atoms with Crippen LogP contribution in [0.1, 0.15) is 5.76 Å². The smallest absolute Gasteiger partial charge is 0.294 e. The van der Waals surface area contributed by atoms with Gasteiger partial charge in [0.15, 0.2) is 0 Å². The van der Waals surface area contributed by atoms with Gasteiger partial charge in [-0.15, -0.1) is 0 Å². The quantitative estimate of drug-likeness (QED) is 0.465. The van der Waals surface area contributed by atoms with Gasteiger partial charge in [-0.2, -0.15) is 0 Å². The number of furan rings is 1. The Labute approximate surface area is 214 Å². The van der Waals surface area contributed by atoms with E-state index in [9.17, 15) is 23.2 Å². The van der Waals surface area contributed by atoms with Crippen molar-refractivity contribution in [3.63, 3.8) is 0 Å². The van der Waals surface area contributed by atoms with Crippen molar-refractivity contribution in [2.45, 2.75) is 0 Å². The van der Waals surface area contributed by atoms with Crippen LogP contribution in [0.3, 0.4) is 0 Å². The molecular formula is C26H21F2N3O5S. The number of carbonyl (C=O) groups is 3. The van der Waals surface area contributed by atoms with E-state index in [0.29, 0.717) is 30.7 Å². The fraction of sp³-hybridized carbons (Fsp3) is 0.192. The third-order valence-corrected chi connectivity index (χ3v) is 6.71. The molecule has 3 amide bonds. The summed E-state index contributed by atoms with van der Waals surface area (Å²) in [6.45, 7) is 2.47. The average molecular weight is 526 g/mol. The van der Waals surface area contributed by atoms with Crippen LogP contribution < -0.4 is 10.2 Å². The molecule has 2 aromatic carbocycles. The first kappa shape index (κ1) is 24.7. The van der Waals surface area contributed by atoms with Crippen molar-refractivity contribution in [2.75, 3.05) is 43.1 Å². The van der Waals surface area contributed by atoms with Gasteiger partial charge in [-0.1, -0.05) is 0 Å². The molecule has 3 heterocycles. The monoisotopic (exact) mass is 525 g/mol. The van der Waals surface area contributed by atoms with Crippen LogP contribution in [0.2, 0.25) is 0 Å². The molecule has 37 heavy (non-hydrogen) atoms. The number of morpholine rings is 1. The van der Waals surface area contributed by atoms with E-state index >= 15 is 0 Å². The summed E-state index contributed by atoms with van der Waals surface area (Å²) in [5.74, 6) is -2.32. The summed E-state index contributed by atoms with van der Waals surface area (Å²) in [6, 6.07) is 13.4. The van der Waals surface area contributed by atoms with Gasteiger partial charge < -0.3 is 19.4 Å². The molecule has 8 nitrogen and oxygen atoms in total. The Bertz CT molecular complexity index is 1380. The number of imide groups is 1. The standard InChI is InChI=1S/C26H21F2N3O5S/c27-16-1-7-20(21(28)13-16)22-8-6-19(36-22)14-23-25(33)31(26(34)37-23)15-24(32)29-17-2-4-18(5-3-17)30-9-11-35-12-10-30/h1-8,13-14H,9-12,15H2,(H,29,32)/b23-14+. The predicted molar refractivity (Wildman–Crippen MR) is 135 cm³/mol. The summed E-state index contributed by atoms with van der Waals surface area (Å²) >= 11 is 0.672. The lowest BCUT2D eigenvalue weighted by atomic mass is 10.1. The number of amides is 3. The first-order valence-electron chi connectivity index (χ1n) is 11.4. The highest BCUT2D eigenvalue weighted by molar-refractivity contribution is 8.18. The first-order valence-corrected chi connectivity index (χ1v) is 12.2. The maximum Gasteiger partial charge on any atom is 0.294 e. The van der Waals surface area contributed by atoms with Crippen LogP contribution in [0, 0.1) is 11.6 Å². The summed E-state index contributed by atoms with van der Waals surface area (Å²) in [7, 11) is 0. The molecule has 2 aliphatic heterocycles. The summed E-state index contributed by atoms with van der Waals surface area (Å²) in [4.78, 5) is 40.8. The number of benzene rings is 2. The van der Waals surface area contributed by atoms with E-state index < -0.39 is 35.2 Å². The van der Waals surface area contributed by atoms with Gasteiger partial charge >= 0.3 is 0 Å². The normalized spacial score (nSPS) is 17.1. The molecule has 0 atom stereocenters. The number of hydrogen-bond donors (Lipinski definition) is 1. The lowest BCUT2D eigenvalue weighted by Crippen LogP contribution is -2.36. The number of carbonyl (C=O) groups excluding carboxylic acids is 3. The molecular weight excluding hydrogens is 504 g/mol. The minimum absolute atomic E-state index is 0.0591. The van der Waals surface area contributed by atoms with Gasteiger partial charge in [0.1, 0.15) is 29.7 Å². The molecule has 3 aromatic rings. The number of hydrogen-bond acceptors (Lipinski definition) is 7. The van der Waals surface area contributed by atoms with Gasteiger partial charge in [0, 0.05) is 36.6 Å². The van der Waals surface area contributed by atoms with Crippen LogP contribution in [0.4, 0.5) is 25.0 Å². The van der Waals surface area contributed by atoms with Crippen LogP contribution in [0.15, 0.2) is 63.9 Å². The fourth-order valence-corrected chi connectivity index (χ4v) is 4.77. The van der Waals surface area contributed by atoms with Gasteiger partial charge in [-0.3, -0.25) is 19.3 Å². The Morgan fingerprint density at radius 3 is 2.51 bits per heavy atom. The number of rotatable bonds is 6. The maximum atomic E-state index is 14.0. The molecule has 190 valence electrons. The van der Waals surface area contributed by atoms with Crippen LogP contribution >= 0.6 is 11.8 Å². The van der Waals surface area contributed by atoms with E-state index in [1.54, 1.807) is 12.1 Å². The van der Waals surface area contributed by atoms with Gasteiger partial charge in [-0.05, 0) is 60.3 Å². The number of ether oxygens (including phenoxy) is 1. The van der Waals surface area contributed by atoms with Crippen molar-refractivity contribution in [3.05, 3.63) is 76.9 Å². The van der Waals surface area contributed by atoms with E-state index in [-0.39, 0.29) is 22.0 Å². The fourth-order valence-electron chi connectivity index (χ4n) is 3.95. The maximum absolute atomic E-state index is 14.0. The van der Waals surface area contributed by atoms with Crippen molar-refractivity contribution in [1.82, 2.24) is 4.90 Å². The zero-order valence-electron chi connectivity index (χ0n) is 19.4. The predicted octanol–water partition coefficient (Wildman–Crippen LogP) is 4.74. The molecule has 1 N–H and O–H groups in total. The van der Waals surface area contributed by atoms with Gasteiger partial charge in [0.2, 0.25) is 5.91 Å². The lowest BCUT2D eigenvalue weighted by Gasteiger charge is -2.28. The third kappa shape index (κ3) is 5.57. The zero-order valence-corrected chi connectivity index (χ0v) is 20.2. The van der Waals surface area contributed by atoms with Crippen molar-refractivity contribution < 1.29 is 32.3 Å². The summed E-state index contributed by atoms with van der Waals surface area (Å²) in [5.41, 5.74) is 1.62. The van der Waals surface area contributed by atoms with Gasteiger partial charge in [0.25, 0.3) is 11.1 Å². The van der Waals surface area contributed by atoms with Crippen molar-refractivity contribution in [3.8, 4) is 11.3 Å². The Balaban J connectivity index is 1.21. The second-order valence-corrected chi connectivity index (χ2v) is 9.28. The highest BCUT2D eigenvalue weighted by Crippen LogP contribution is 2.34. The van der Waals surface area contributed by atoms with E-state index in [2.05, 4.69) is 10.2 Å². The van der Waals surface area contributed by atoms with E-state index in [1.165, 1.54) is 24.3 Å². The third-order valence-electron chi connectivity index (χ3n) is 5.80. The van der Waals surface area contributed by atoms with Crippen LogP contribution in [0.25, 0.3) is 17.4 Å². The largest absolute Gasteiger partial charge is 0.457 e. The molecule has 0 aliphatic carbocycles. The summed E-state index contributed by atoms with van der Waals surface area (Å²) in [5, 5.41) is 2.11. The molecule has 0 unspecified atom stereocenters. The lowest BCUT2D eigenvalue weighted by molar-refractivity contribution is -0.127. The molecule has 0 bridgehead atoms. The SMILES string of the molecule is O=C(CN1C(=O)S/C(=C/c2ccc(-c3ccc(F)cc3F)o2)C1=O)Nc1ccc(N2CCOCC2)cc1. The van der Waals surface area contributed by atoms with Crippen molar-refractivity contribution in [1.29, 1.82) is 0 Å². The first-order chi connectivity index (χ1) is 17.9. The van der Waals surface area contributed by atoms with Crippen molar-refractivity contribution in [2.24, 2.45) is 0 Å². The highest BCUT2D eigenvalue weighted by atomic mass is 32.2. The molecule has 2 aliphatic rings. The molecule has 0 radical (unpaired) electrons. The minimum Gasteiger partial charge on any atom is -0.457 e. The molecule has 2 saturated heterocycles. The molecule has 0 saturated carbocycles. The number of anilines is 2. The molecule has 5 rings (SSSR count). The highest BCUT2D eigenvalue weighted by Gasteiger charge is 2.36. The van der Waals surface area contributed by atoms with Gasteiger partial charge in [0.05, 0.1) is 23.7 Å². The number of halogens is 2. The summed E-state index contributed by atoms with van der Waals surface area (Å²) < 4.78 is 38.1. The van der Waals surface area contributed by atoms with Gasteiger partial charge in [-0.25, -0.2) is 8.78 Å².